The average molecular weight is 183 g/mol. The van der Waals surface area contributed by atoms with E-state index >= 15 is 0 Å². The molecule has 1 aliphatic rings. The molecule has 2 N–H and O–H groups in total. The van der Waals surface area contributed by atoms with Crippen LogP contribution in [0.1, 0.15) is 19.8 Å². The van der Waals surface area contributed by atoms with Gasteiger partial charge in [-0.15, -0.1) is 0 Å². The van der Waals surface area contributed by atoms with Crippen LogP contribution in [0.2, 0.25) is 0 Å². The lowest BCUT2D eigenvalue weighted by Crippen LogP contribution is -2.34. The van der Waals surface area contributed by atoms with Crippen molar-refractivity contribution in [1.82, 2.24) is 0 Å². The summed E-state index contributed by atoms with van der Waals surface area (Å²) in [6, 6.07) is -0.114. The molecule has 13 heavy (non-hydrogen) atoms. The first-order valence-electron chi connectivity index (χ1n) is 4.67. The topological polar surface area (TPSA) is 52.3 Å². The van der Waals surface area contributed by atoms with E-state index < -0.39 is 0 Å². The van der Waals surface area contributed by atoms with Gasteiger partial charge in [-0.25, -0.2) is 0 Å². The van der Waals surface area contributed by atoms with Crippen molar-refractivity contribution < 1.29 is 9.53 Å². The highest BCUT2D eigenvalue weighted by Gasteiger charge is 2.30. The lowest BCUT2D eigenvalue weighted by atomic mass is 9.94. The van der Waals surface area contributed by atoms with Crippen LogP contribution in [0.25, 0.3) is 0 Å². The van der Waals surface area contributed by atoms with E-state index in [9.17, 15) is 4.79 Å². The monoisotopic (exact) mass is 183 g/mol. The zero-order valence-corrected chi connectivity index (χ0v) is 8.08. The molecule has 2 atom stereocenters. The molecule has 1 fully saturated rings. The number of ether oxygens (including phenoxy) is 1. The molecule has 3 heteroatoms. The number of nitrogens with two attached hydrogens (primary N) is 1. The standard InChI is InChI=1S/C10H17NO2/c1-3-7(2)4-10(12)8-5-13-6-9(8)11/h8-9H,2-6,11H2,1H3. The van der Waals surface area contributed by atoms with Crippen molar-refractivity contribution in [2.75, 3.05) is 13.2 Å². The predicted molar refractivity (Wildman–Crippen MR) is 51.3 cm³/mol. The Morgan fingerprint density at radius 2 is 2.31 bits per heavy atom. The molecular formula is C10H17NO2. The van der Waals surface area contributed by atoms with Crippen molar-refractivity contribution in [3.8, 4) is 0 Å². The molecule has 0 bridgehead atoms. The Bertz CT molecular complexity index is 213. The van der Waals surface area contributed by atoms with Crippen LogP contribution >= 0.6 is 0 Å². The van der Waals surface area contributed by atoms with Gasteiger partial charge in [0, 0.05) is 12.5 Å². The summed E-state index contributed by atoms with van der Waals surface area (Å²) in [5, 5.41) is 0. The highest BCUT2D eigenvalue weighted by molar-refractivity contribution is 5.84. The maximum atomic E-state index is 11.6. The fraction of sp³-hybridized carbons (Fsp3) is 0.700. The molecule has 1 saturated heterocycles. The molecule has 0 radical (unpaired) electrons. The van der Waals surface area contributed by atoms with Gasteiger partial charge in [0.1, 0.15) is 5.78 Å². The van der Waals surface area contributed by atoms with E-state index in [1.165, 1.54) is 0 Å². The highest BCUT2D eigenvalue weighted by Crippen LogP contribution is 2.17. The molecular weight excluding hydrogens is 166 g/mol. The van der Waals surface area contributed by atoms with Crippen LogP contribution < -0.4 is 5.73 Å². The molecule has 3 nitrogen and oxygen atoms in total. The molecule has 0 spiro atoms. The first-order valence-corrected chi connectivity index (χ1v) is 4.67. The molecule has 74 valence electrons. The fourth-order valence-corrected chi connectivity index (χ4v) is 1.41. The van der Waals surface area contributed by atoms with E-state index in [1.807, 2.05) is 6.92 Å². The van der Waals surface area contributed by atoms with Gasteiger partial charge in [-0.1, -0.05) is 19.1 Å². The average Bonchev–Trinajstić information content (AvgIpc) is 2.51. The van der Waals surface area contributed by atoms with Crippen LogP contribution in [0, 0.1) is 5.92 Å². The van der Waals surface area contributed by atoms with Gasteiger partial charge in [0.2, 0.25) is 0 Å². The third-order valence-corrected chi connectivity index (χ3v) is 2.46. The summed E-state index contributed by atoms with van der Waals surface area (Å²) in [7, 11) is 0. The fourth-order valence-electron chi connectivity index (χ4n) is 1.41. The van der Waals surface area contributed by atoms with Crippen molar-refractivity contribution in [1.29, 1.82) is 0 Å². The summed E-state index contributed by atoms with van der Waals surface area (Å²) in [5.41, 5.74) is 6.70. The summed E-state index contributed by atoms with van der Waals surface area (Å²) in [5.74, 6) is 0.0696. The smallest absolute Gasteiger partial charge is 0.143 e. The molecule has 0 aromatic rings. The van der Waals surface area contributed by atoms with Crippen LogP contribution in [0.15, 0.2) is 12.2 Å². The number of hydrogen-bond donors (Lipinski definition) is 1. The number of allylic oxidation sites excluding steroid dienone is 1. The SMILES string of the molecule is C=C(CC)CC(=O)C1COCC1N. The molecule has 0 aromatic carbocycles. The second-order valence-electron chi connectivity index (χ2n) is 3.55. The van der Waals surface area contributed by atoms with Gasteiger partial charge in [0.25, 0.3) is 0 Å². The summed E-state index contributed by atoms with van der Waals surface area (Å²) in [6.07, 6.45) is 1.31. The second-order valence-corrected chi connectivity index (χ2v) is 3.55. The lowest BCUT2D eigenvalue weighted by molar-refractivity contribution is -0.122. The Morgan fingerprint density at radius 1 is 1.62 bits per heavy atom. The summed E-state index contributed by atoms with van der Waals surface area (Å²) in [4.78, 5) is 11.6. The maximum absolute atomic E-state index is 11.6. The Morgan fingerprint density at radius 3 is 2.77 bits per heavy atom. The first kappa shape index (κ1) is 10.4. The molecule has 0 aliphatic carbocycles. The van der Waals surface area contributed by atoms with E-state index in [-0.39, 0.29) is 17.7 Å². The van der Waals surface area contributed by atoms with Crippen molar-refractivity contribution >= 4 is 5.78 Å². The van der Waals surface area contributed by atoms with Crippen LogP contribution in [0.5, 0.6) is 0 Å². The molecule has 2 unspecified atom stereocenters. The third-order valence-electron chi connectivity index (χ3n) is 2.46. The normalized spacial score (nSPS) is 27.5. The van der Waals surface area contributed by atoms with Crippen molar-refractivity contribution in [3.63, 3.8) is 0 Å². The van der Waals surface area contributed by atoms with E-state index in [0.29, 0.717) is 19.6 Å². The van der Waals surface area contributed by atoms with Crippen LogP contribution in [-0.2, 0) is 9.53 Å². The zero-order valence-electron chi connectivity index (χ0n) is 8.08. The van der Waals surface area contributed by atoms with Gasteiger partial charge in [-0.05, 0) is 6.42 Å². The molecule has 1 rings (SSSR count). The number of Topliss-reactive ketones (excluding diaryl/α,β-unsaturated/α-hetero) is 1. The number of rotatable bonds is 4. The molecule has 1 heterocycles. The highest BCUT2D eigenvalue weighted by atomic mass is 16.5. The summed E-state index contributed by atoms with van der Waals surface area (Å²) in [6.45, 7) is 6.80. The van der Waals surface area contributed by atoms with Gasteiger partial charge < -0.3 is 10.5 Å². The van der Waals surface area contributed by atoms with Crippen molar-refractivity contribution in [3.05, 3.63) is 12.2 Å². The van der Waals surface area contributed by atoms with Gasteiger partial charge in [0.15, 0.2) is 0 Å². The van der Waals surface area contributed by atoms with Crippen molar-refractivity contribution in [2.45, 2.75) is 25.8 Å². The van der Waals surface area contributed by atoms with Crippen LogP contribution in [0.3, 0.4) is 0 Å². The minimum absolute atomic E-state index is 0.108. The molecule has 0 amide bonds. The largest absolute Gasteiger partial charge is 0.379 e. The van der Waals surface area contributed by atoms with Gasteiger partial charge in [-0.3, -0.25) is 4.79 Å². The maximum Gasteiger partial charge on any atom is 0.143 e. The number of carbonyl (C=O) groups is 1. The van der Waals surface area contributed by atoms with Crippen LogP contribution in [0.4, 0.5) is 0 Å². The Hall–Kier alpha value is -0.670. The van der Waals surface area contributed by atoms with Gasteiger partial charge in [-0.2, -0.15) is 0 Å². The molecule has 1 aliphatic heterocycles. The van der Waals surface area contributed by atoms with Gasteiger partial charge in [0.05, 0.1) is 19.1 Å². The third kappa shape index (κ3) is 2.64. The molecule has 0 aromatic heterocycles. The van der Waals surface area contributed by atoms with Crippen molar-refractivity contribution in [2.24, 2.45) is 11.7 Å². The van der Waals surface area contributed by atoms with Crippen LogP contribution in [-0.4, -0.2) is 25.0 Å². The zero-order chi connectivity index (χ0) is 9.84. The van der Waals surface area contributed by atoms with E-state index in [4.69, 9.17) is 10.5 Å². The Balaban J connectivity index is 2.43. The molecule has 0 saturated carbocycles. The lowest BCUT2D eigenvalue weighted by Gasteiger charge is -2.11. The summed E-state index contributed by atoms with van der Waals surface area (Å²) >= 11 is 0. The number of ketones is 1. The minimum atomic E-state index is -0.114. The van der Waals surface area contributed by atoms with E-state index in [2.05, 4.69) is 6.58 Å². The van der Waals surface area contributed by atoms with E-state index in [0.717, 1.165) is 12.0 Å². The minimum Gasteiger partial charge on any atom is -0.379 e. The predicted octanol–water partition coefficient (Wildman–Crippen LogP) is 0.885. The number of hydrogen-bond acceptors (Lipinski definition) is 3. The quantitative estimate of drug-likeness (QED) is 0.658. The van der Waals surface area contributed by atoms with Gasteiger partial charge >= 0.3 is 0 Å². The first-order chi connectivity index (χ1) is 6.15. The summed E-state index contributed by atoms with van der Waals surface area (Å²) < 4.78 is 5.13. The van der Waals surface area contributed by atoms with E-state index in [1.54, 1.807) is 0 Å². The Labute approximate surface area is 78.9 Å². The Kier molecular flexibility index (Phi) is 3.63. The number of carbonyl (C=O) groups excluding carboxylic acids is 1. The second kappa shape index (κ2) is 4.53.